The first-order valence-electron chi connectivity index (χ1n) is 10.4. The largest absolute Gasteiger partial charge is 0.317 e. The van der Waals surface area contributed by atoms with E-state index in [4.69, 9.17) is 0 Å². The summed E-state index contributed by atoms with van der Waals surface area (Å²) in [6.45, 7) is 0. The van der Waals surface area contributed by atoms with Crippen LogP contribution in [0.4, 0.5) is 0 Å². The average Bonchev–Trinajstić information content (AvgIpc) is 2.99. The number of aromatic nitrogens is 1. The summed E-state index contributed by atoms with van der Waals surface area (Å²) in [5.74, 6) is 0. The second-order valence-corrected chi connectivity index (χ2v) is 10.6. The molecule has 134 valence electrons. The summed E-state index contributed by atoms with van der Waals surface area (Å²) < 4.78 is 2.52. The maximum Gasteiger partial charge on any atom is 0.0464 e. The van der Waals surface area contributed by atoms with Crippen molar-refractivity contribution in [2.24, 2.45) is 0 Å². The minimum Gasteiger partial charge on any atom is -0.317 e. The molecule has 1 aromatic heterocycles. The van der Waals surface area contributed by atoms with E-state index in [1.807, 2.05) is 0 Å². The highest BCUT2D eigenvalue weighted by atomic mass is 31.1. The molecule has 0 bridgehead atoms. The van der Waals surface area contributed by atoms with E-state index in [1.165, 1.54) is 76.3 Å². The van der Waals surface area contributed by atoms with Crippen LogP contribution in [-0.4, -0.2) is 15.9 Å². The van der Waals surface area contributed by atoms with Gasteiger partial charge >= 0.3 is 0 Å². The lowest BCUT2D eigenvalue weighted by Gasteiger charge is -2.37. The molecule has 25 heavy (non-hydrogen) atoms. The van der Waals surface area contributed by atoms with Gasteiger partial charge in [-0.05, 0) is 61.3 Å². The lowest BCUT2D eigenvalue weighted by Crippen LogP contribution is -2.28. The summed E-state index contributed by atoms with van der Waals surface area (Å²) >= 11 is 0. The summed E-state index contributed by atoms with van der Waals surface area (Å²) in [5, 5.41) is 0. The lowest BCUT2D eigenvalue weighted by molar-refractivity contribution is 0.507. The van der Waals surface area contributed by atoms with Gasteiger partial charge in [-0.1, -0.05) is 71.1 Å². The maximum absolute atomic E-state index is 2.52. The molecular weight excluding hydrogens is 321 g/mol. The van der Waals surface area contributed by atoms with Crippen molar-refractivity contribution >= 4 is 13.4 Å². The standard InChI is InChI=1S/C23H32NP/c1-2-8-15-21(14-7-1)25(22-16-9-4-10-17-22)23-18-11-19-24(23)20-12-5-3-6-13-20/h3,5-6,11-13,18-19,21-22H,1-2,4,7-10,14-17H2. The SMILES string of the molecule is c1ccc(-n2cccc2P(C2CCCCCC2)C2CCCCC2)cc1. The van der Waals surface area contributed by atoms with Crippen LogP contribution >= 0.6 is 7.92 Å². The summed E-state index contributed by atoms with van der Waals surface area (Å²) in [5.41, 5.74) is 4.92. The van der Waals surface area contributed by atoms with Gasteiger partial charge in [-0.3, -0.25) is 0 Å². The molecule has 1 atom stereocenters. The van der Waals surface area contributed by atoms with E-state index in [-0.39, 0.29) is 7.92 Å². The smallest absolute Gasteiger partial charge is 0.0464 e. The number of hydrogen-bond donors (Lipinski definition) is 0. The van der Waals surface area contributed by atoms with Crippen LogP contribution in [-0.2, 0) is 0 Å². The monoisotopic (exact) mass is 353 g/mol. The van der Waals surface area contributed by atoms with Crippen molar-refractivity contribution in [1.82, 2.24) is 4.57 Å². The van der Waals surface area contributed by atoms with Crippen LogP contribution in [0.5, 0.6) is 0 Å². The van der Waals surface area contributed by atoms with Gasteiger partial charge in [0, 0.05) is 17.3 Å². The Morgan fingerprint density at radius 3 is 1.80 bits per heavy atom. The van der Waals surface area contributed by atoms with Crippen LogP contribution in [0, 0.1) is 0 Å². The highest BCUT2D eigenvalue weighted by Crippen LogP contribution is 2.54. The van der Waals surface area contributed by atoms with E-state index < -0.39 is 0 Å². The molecule has 0 spiro atoms. The first-order valence-corrected chi connectivity index (χ1v) is 11.9. The zero-order valence-electron chi connectivity index (χ0n) is 15.4. The topological polar surface area (TPSA) is 4.93 Å². The number of hydrogen-bond acceptors (Lipinski definition) is 0. The fourth-order valence-electron chi connectivity index (χ4n) is 4.96. The summed E-state index contributed by atoms with van der Waals surface area (Å²) in [6.07, 6.45) is 18.4. The summed E-state index contributed by atoms with van der Waals surface area (Å²) in [7, 11) is -0.0535. The number of nitrogens with zero attached hydrogens (tertiary/aromatic N) is 1. The van der Waals surface area contributed by atoms with Gasteiger partial charge in [0.25, 0.3) is 0 Å². The van der Waals surface area contributed by atoms with E-state index in [0.29, 0.717) is 0 Å². The first-order chi connectivity index (χ1) is 12.4. The van der Waals surface area contributed by atoms with E-state index in [1.54, 1.807) is 5.44 Å². The molecule has 2 aliphatic rings. The molecule has 1 heterocycles. The van der Waals surface area contributed by atoms with E-state index in [9.17, 15) is 0 Å². The van der Waals surface area contributed by atoms with Crippen molar-refractivity contribution in [3.05, 3.63) is 48.7 Å². The molecule has 4 rings (SSSR count). The van der Waals surface area contributed by atoms with Gasteiger partial charge in [0.1, 0.15) is 0 Å². The van der Waals surface area contributed by atoms with Crippen molar-refractivity contribution in [2.45, 2.75) is 81.9 Å². The van der Waals surface area contributed by atoms with Gasteiger partial charge in [-0.25, -0.2) is 0 Å². The molecule has 0 radical (unpaired) electrons. The second-order valence-electron chi connectivity index (χ2n) is 7.92. The Kier molecular flexibility index (Phi) is 5.93. The molecule has 1 nitrogen and oxygen atoms in total. The first kappa shape index (κ1) is 17.3. The van der Waals surface area contributed by atoms with Gasteiger partial charge in [0.15, 0.2) is 0 Å². The minimum absolute atomic E-state index is 0.0535. The molecule has 0 saturated heterocycles. The van der Waals surface area contributed by atoms with Crippen LogP contribution < -0.4 is 5.44 Å². The predicted molar refractivity (Wildman–Crippen MR) is 111 cm³/mol. The van der Waals surface area contributed by atoms with Gasteiger partial charge < -0.3 is 4.57 Å². The van der Waals surface area contributed by atoms with Crippen molar-refractivity contribution in [2.75, 3.05) is 0 Å². The van der Waals surface area contributed by atoms with E-state index in [2.05, 4.69) is 53.2 Å². The molecule has 1 aromatic carbocycles. The van der Waals surface area contributed by atoms with Crippen molar-refractivity contribution in [1.29, 1.82) is 0 Å². The summed E-state index contributed by atoms with van der Waals surface area (Å²) in [6, 6.07) is 15.8. The average molecular weight is 353 g/mol. The Morgan fingerprint density at radius 2 is 1.20 bits per heavy atom. The number of benzene rings is 1. The van der Waals surface area contributed by atoms with E-state index >= 15 is 0 Å². The van der Waals surface area contributed by atoms with Crippen LogP contribution in [0.3, 0.4) is 0 Å². The minimum atomic E-state index is -0.0535. The molecule has 2 aromatic rings. The van der Waals surface area contributed by atoms with Gasteiger partial charge in [0.05, 0.1) is 0 Å². The highest BCUT2D eigenvalue weighted by molar-refractivity contribution is 7.66. The molecule has 2 fully saturated rings. The fraction of sp³-hybridized carbons (Fsp3) is 0.565. The van der Waals surface area contributed by atoms with Gasteiger partial charge in [-0.2, -0.15) is 0 Å². The van der Waals surface area contributed by atoms with Crippen LogP contribution in [0.1, 0.15) is 70.6 Å². The van der Waals surface area contributed by atoms with Crippen LogP contribution in [0.2, 0.25) is 0 Å². The number of para-hydroxylation sites is 1. The fourth-order valence-corrected chi connectivity index (χ4v) is 8.83. The highest BCUT2D eigenvalue weighted by Gasteiger charge is 2.33. The molecule has 0 N–H and O–H groups in total. The maximum atomic E-state index is 2.52. The third kappa shape index (κ3) is 4.03. The van der Waals surface area contributed by atoms with Crippen molar-refractivity contribution < 1.29 is 0 Å². The predicted octanol–water partition coefficient (Wildman–Crippen LogP) is 6.64. The normalized spacial score (nSPS) is 21.8. The van der Waals surface area contributed by atoms with E-state index in [0.717, 1.165) is 11.3 Å². The van der Waals surface area contributed by atoms with Gasteiger partial charge in [-0.15, -0.1) is 0 Å². The molecule has 1 unspecified atom stereocenters. The Hall–Kier alpha value is -1.07. The Bertz CT molecular complexity index is 633. The zero-order valence-corrected chi connectivity index (χ0v) is 16.3. The molecule has 2 aliphatic carbocycles. The quantitative estimate of drug-likeness (QED) is 0.429. The zero-order chi connectivity index (χ0) is 16.9. The van der Waals surface area contributed by atoms with Crippen molar-refractivity contribution in [3.8, 4) is 5.69 Å². The molecule has 0 amide bonds. The molecular formula is C23H32NP. The third-order valence-electron chi connectivity index (χ3n) is 6.21. The number of rotatable bonds is 4. The van der Waals surface area contributed by atoms with Crippen LogP contribution in [0.15, 0.2) is 48.7 Å². The molecule has 2 saturated carbocycles. The Balaban J connectivity index is 1.69. The third-order valence-corrected chi connectivity index (χ3v) is 9.71. The Labute approximate surface area is 154 Å². The molecule has 0 aliphatic heterocycles. The lowest BCUT2D eigenvalue weighted by atomic mass is 10.0. The van der Waals surface area contributed by atoms with Crippen molar-refractivity contribution in [3.63, 3.8) is 0 Å². The second kappa shape index (κ2) is 8.54. The summed E-state index contributed by atoms with van der Waals surface area (Å²) in [4.78, 5) is 0. The van der Waals surface area contributed by atoms with Gasteiger partial charge in [0.2, 0.25) is 0 Å². The Morgan fingerprint density at radius 1 is 0.640 bits per heavy atom. The molecule has 2 heteroatoms. The van der Waals surface area contributed by atoms with Crippen LogP contribution in [0.25, 0.3) is 5.69 Å².